The molecule has 14 heavy (non-hydrogen) atoms. The third-order valence-corrected chi connectivity index (χ3v) is 2.96. The summed E-state index contributed by atoms with van der Waals surface area (Å²) in [4.78, 5) is 2.39. The summed E-state index contributed by atoms with van der Waals surface area (Å²) in [6.07, 6.45) is 6.87. The van der Waals surface area contributed by atoms with Gasteiger partial charge in [-0.2, -0.15) is 0 Å². The Morgan fingerprint density at radius 1 is 1.21 bits per heavy atom. The van der Waals surface area contributed by atoms with Crippen LogP contribution >= 0.6 is 0 Å². The first kappa shape index (κ1) is 8.03. The maximum atomic E-state index is 4.79. The van der Waals surface area contributed by atoms with Gasteiger partial charge in [0.05, 0.1) is 5.70 Å². The molecule has 74 valence electrons. The average Bonchev–Trinajstić information content (AvgIpc) is 2.88. The van der Waals surface area contributed by atoms with E-state index in [-0.39, 0.29) is 0 Å². The van der Waals surface area contributed by atoms with Gasteiger partial charge in [-0.3, -0.25) is 0 Å². The molecule has 0 spiro atoms. The molecule has 1 saturated heterocycles. The zero-order chi connectivity index (χ0) is 9.38. The van der Waals surface area contributed by atoms with Crippen molar-refractivity contribution in [3.05, 3.63) is 17.5 Å². The van der Waals surface area contributed by atoms with Crippen molar-refractivity contribution in [2.24, 2.45) is 0 Å². The van der Waals surface area contributed by atoms with Gasteiger partial charge < -0.3 is 4.90 Å². The molecule has 0 amide bonds. The molecule has 2 aliphatic rings. The highest BCUT2D eigenvalue weighted by Gasteiger charge is 2.24. The van der Waals surface area contributed by atoms with Gasteiger partial charge in [0.15, 0.2) is 5.69 Å². The van der Waals surface area contributed by atoms with Crippen molar-refractivity contribution in [1.82, 2.24) is 15.2 Å². The highest BCUT2D eigenvalue weighted by molar-refractivity contribution is 5.64. The van der Waals surface area contributed by atoms with Crippen LogP contribution in [0.4, 0.5) is 0 Å². The van der Waals surface area contributed by atoms with Crippen molar-refractivity contribution in [2.75, 3.05) is 13.1 Å². The minimum absolute atomic E-state index is 0.968. The summed E-state index contributed by atoms with van der Waals surface area (Å²) in [6.45, 7) is 2.30. The third kappa shape index (κ3) is 1.14. The maximum Gasteiger partial charge on any atom is 0.153 e. The molecule has 1 fully saturated rings. The molecule has 0 atom stereocenters. The molecule has 0 bridgehead atoms. The van der Waals surface area contributed by atoms with Crippen LogP contribution in [0, 0.1) is 0 Å². The van der Waals surface area contributed by atoms with Gasteiger partial charge in [-0.05, 0) is 30.8 Å². The third-order valence-electron chi connectivity index (χ3n) is 2.96. The second-order valence-electron chi connectivity index (χ2n) is 3.88. The molecule has 2 heterocycles. The molecule has 1 aliphatic heterocycles. The standard InChI is InChI=1S/C10H13N3O/c1-2-7-13(6-1)9-5-3-4-8-10(9)12-14-11-8/h5H,1-4,6-7H2. The van der Waals surface area contributed by atoms with Gasteiger partial charge in [-0.15, -0.1) is 0 Å². The lowest BCUT2D eigenvalue weighted by Gasteiger charge is -2.22. The molecule has 4 nitrogen and oxygen atoms in total. The van der Waals surface area contributed by atoms with Crippen LogP contribution < -0.4 is 0 Å². The number of fused-ring (bicyclic) bond motifs is 1. The topological polar surface area (TPSA) is 42.2 Å². The Bertz CT molecular complexity index is 363. The van der Waals surface area contributed by atoms with Crippen LogP contribution in [0.3, 0.4) is 0 Å². The maximum absolute atomic E-state index is 4.79. The lowest BCUT2D eigenvalue weighted by atomic mass is 10.0. The predicted molar refractivity (Wildman–Crippen MR) is 51.4 cm³/mol. The van der Waals surface area contributed by atoms with E-state index in [1.54, 1.807) is 0 Å². The highest BCUT2D eigenvalue weighted by Crippen LogP contribution is 2.28. The summed E-state index contributed by atoms with van der Waals surface area (Å²) in [5, 5.41) is 7.91. The molecule has 0 unspecified atom stereocenters. The molecule has 3 rings (SSSR count). The molecule has 4 heteroatoms. The zero-order valence-electron chi connectivity index (χ0n) is 8.07. The molecule has 0 N–H and O–H groups in total. The summed E-state index contributed by atoms with van der Waals surface area (Å²) in [5.41, 5.74) is 3.23. The van der Waals surface area contributed by atoms with Crippen LogP contribution in [-0.4, -0.2) is 28.3 Å². The van der Waals surface area contributed by atoms with E-state index in [4.69, 9.17) is 4.63 Å². The Labute approximate surface area is 82.5 Å². The van der Waals surface area contributed by atoms with E-state index >= 15 is 0 Å². The number of aromatic nitrogens is 2. The quantitative estimate of drug-likeness (QED) is 0.673. The summed E-state index contributed by atoms with van der Waals surface area (Å²) < 4.78 is 4.79. The Balaban J connectivity index is 1.95. The van der Waals surface area contributed by atoms with Crippen molar-refractivity contribution >= 4 is 5.70 Å². The van der Waals surface area contributed by atoms with E-state index < -0.39 is 0 Å². The van der Waals surface area contributed by atoms with E-state index in [1.165, 1.54) is 18.5 Å². The number of aryl methyl sites for hydroxylation is 1. The summed E-state index contributed by atoms with van der Waals surface area (Å²) in [5.74, 6) is 0. The minimum atomic E-state index is 0.968. The molecule has 0 saturated carbocycles. The molecule has 1 aliphatic carbocycles. The van der Waals surface area contributed by atoms with E-state index in [1.807, 2.05) is 0 Å². The van der Waals surface area contributed by atoms with Gasteiger partial charge in [0.25, 0.3) is 0 Å². The van der Waals surface area contributed by atoms with Crippen LogP contribution in [0.25, 0.3) is 5.70 Å². The van der Waals surface area contributed by atoms with Crippen molar-refractivity contribution in [1.29, 1.82) is 0 Å². The second kappa shape index (κ2) is 3.12. The highest BCUT2D eigenvalue weighted by atomic mass is 16.6. The van der Waals surface area contributed by atoms with Crippen molar-refractivity contribution < 1.29 is 4.63 Å². The number of allylic oxidation sites excluding steroid dienone is 1. The second-order valence-corrected chi connectivity index (χ2v) is 3.88. The van der Waals surface area contributed by atoms with E-state index in [0.717, 1.165) is 37.3 Å². The number of likely N-dealkylation sites (tertiary alicyclic amines) is 1. The van der Waals surface area contributed by atoms with Gasteiger partial charge >= 0.3 is 0 Å². The average molecular weight is 191 g/mol. The fourth-order valence-corrected chi connectivity index (χ4v) is 2.24. The van der Waals surface area contributed by atoms with Crippen LogP contribution in [0.15, 0.2) is 10.7 Å². The van der Waals surface area contributed by atoms with Crippen LogP contribution in [0.5, 0.6) is 0 Å². The summed E-state index contributed by atoms with van der Waals surface area (Å²) >= 11 is 0. The molecule has 0 radical (unpaired) electrons. The van der Waals surface area contributed by atoms with Gasteiger partial charge in [-0.1, -0.05) is 11.2 Å². The number of rotatable bonds is 1. The van der Waals surface area contributed by atoms with Crippen LogP contribution in [-0.2, 0) is 6.42 Å². The van der Waals surface area contributed by atoms with E-state index in [9.17, 15) is 0 Å². The number of hydrogen-bond acceptors (Lipinski definition) is 4. The fourth-order valence-electron chi connectivity index (χ4n) is 2.24. The van der Waals surface area contributed by atoms with Gasteiger partial charge in [0, 0.05) is 13.1 Å². The van der Waals surface area contributed by atoms with Crippen LogP contribution in [0.1, 0.15) is 30.7 Å². The lowest BCUT2D eigenvalue weighted by molar-refractivity contribution is 0.301. The fraction of sp³-hybridized carbons (Fsp3) is 0.600. The van der Waals surface area contributed by atoms with E-state index in [0.29, 0.717) is 0 Å². The first-order chi connectivity index (χ1) is 6.95. The predicted octanol–water partition coefficient (Wildman–Crippen LogP) is 1.45. The smallest absolute Gasteiger partial charge is 0.153 e. The van der Waals surface area contributed by atoms with Crippen molar-refractivity contribution in [3.63, 3.8) is 0 Å². The zero-order valence-corrected chi connectivity index (χ0v) is 8.07. The molecule has 1 aromatic rings. The number of nitrogens with zero attached hydrogens (tertiary/aromatic N) is 3. The lowest BCUT2D eigenvalue weighted by Crippen LogP contribution is -2.20. The van der Waals surface area contributed by atoms with Gasteiger partial charge in [0.1, 0.15) is 5.69 Å². The first-order valence-corrected chi connectivity index (χ1v) is 5.22. The Morgan fingerprint density at radius 3 is 2.93 bits per heavy atom. The first-order valence-electron chi connectivity index (χ1n) is 5.22. The van der Waals surface area contributed by atoms with Crippen LogP contribution in [0.2, 0.25) is 0 Å². The Kier molecular flexibility index (Phi) is 1.79. The molecule has 0 aromatic carbocycles. The van der Waals surface area contributed by atoms with Crippen molar-refractivity contribution in [3.8, 4) is 0 Å². The Morgan fingerprint density at radius 2 is 2.07 bits per heavy atom. The largest absolute Gasteiger partial charge is 0.370 e. The van der Waals surface area contributed by atoms with E-state index in [2.05, 4.69) is 21.3 Å². The molecule has 1 aromatic heterocycles. The molecular weight excluding hydrogens is 178 g/mol. The van der Waals surface area contributed by atoms with Crippen molar-refractivity contribution in [2.45, 2.75) is 25.7 Å². The SMILES string of the molecule is C1=C(N2CCCC2)c2nonc2CC1. The van der Waals surface area contributed by atoms with Gasteiger partial charge in [0.2, 0.25) is 0 Å². The van der Waals surface area contributed by atoms with Gasteiger partial charge in [-0.25, -0.2) is 4.63 Å². The molecular formula is C10H13N3O. The monoisotopic (exact) mass is 191 g/mol. The Hall–Kier alpha value is -1.32. The minimum Gasteiger partial charge on any atom is -0.370 e. The summed E-state index contributed by atoms with van der Waals surface area (Å²) in [6, 6.07) is 0. The summed E-state index contributed by atoms with van der Waals surface area (Å²) in [7, 11) is 0. The number of hydrogen-bond donors (Lipinski definition) is 0. The normalized spacial score (nSPS) is 20.9.